The van der Waals surface area contributed by atoms with Crippen LogP contribution in [0.25, 0.3) is 11.1 Å². The number of ether oxygens (including phenoxy) is 1. The Morgan fingerprint density at radius 2 is 1.22 bits per heavy atom. The maximum Gasteiger partial charge on any atom is 0.293 e. The number of hydrogen-bond acceptors (Lipinski definition) is 5. The average Bonchev–Trinajstić information content (AvgIpc) is 3.36. The number of amides is 2. The normalized spacial score (nSPS) is 13.1. The second kappa shape index (κ2) is 22.1. The molecule has 246 valence electrons. The first-order valence-electron chi connectivity index (χ1n) is 17.4. The van der Waals surface area contributed by atoms with Gasteiger partial charge in [0.1, 0.15) is 12.9 Å². The predicted octanol–water partition coefficient (Wildman–Crippen LogP) is 8.64. The summed E-state index contributed by atoms with van der Waals surface area (Å²) in [5.41, 5.74) is 5.32. The molecular formula is C38H54N2O5. The van der Waals surface area contributed by atoms with Crippen molar-refractivity contribution in [1.82, 2.24) is 5.32 Å². The fourth-order valence-electron chi connectivity index (χ4n) is 6.29. The summed E-state index contributed by atoms with van der Waals surface area (Å²) < 4.78 is 5.13. The fourth-order valence-corrected chi connectivity index (χ4v) is 6.29. The van der Waals surface area contributed by atoms with E-state index in [0.717, 1.165) is 85.7 Å². The Morgan fingerprint density at radius 3 is 1.87 bits per heavy atom. The largest absolute Gasteiger partial charge is 0.467 e. The van der Waals surface area contributed by atoms with Crippen molar-refractivity contribution in [2.75, 3.05) is 18.5 Å². The quantitative estimate of drug-likeness (QED) is 0.0812. The van der Waals surface area contributed by atoms with Crippen LogP contribution in [0.3, 0.4) is 0 Å². The van der Waals surface area contributed by atoms with E-state index >= 15 is 0 Å². The molecule has 2 aromatic carbocycles. The summed E-state index contributed by atoms with van der Waals surface area (Å²) >= 11 is 0. The second-order valence-corrected chi connectivity index (χ2v) is 12.4. The van der Waals surface area contributed by atoms with Crippen LogP contribution in [0.5, 0.6) is 0 Å². The summed E-state index contributed by atoms with van der Waals surface area (Å²) in [5, 5.41) is 6.04. The third-order valence-corrected chi connectivity index (χ3v) is 8.80. The van der Waals surface area contributed by atoms with Gasteiger partial charge in [0.05, 0.1) is 0 Å². The van der Waals surface area contributed by atoms with E-state index in [0.29, 0.717) is 32.3 Å². The molecular weight excluding hydrogens is 564 g/mol. The molecule has 1 aliphatic rings. The van der Waals surface area contributed by atoms with Crippen molar-refractivity contribution in [1.29, 1.82) is 0 Å². The number of aldehydes is 1. The standard InChI is InChI=1S/C38H54N2O5/c41-27-19-13-12-18-26-39-37(43)22-14-10-8-6-4-2-1-3-5-7-9-11-15-23-38(44)40-31-24-25-34-32-20-16-17-21-33(32)36(29-45-30-42)35(34)28-31/h16-17,20-21,24-25,27-28,30,36H,1-15,18-19,22-23,26,29H2,(H,39,43)(H,40,44). The zero-order chi connectivity index (χ0) is 32.0. The monoisotopic (exact) mass is 618 g/mol. The number of carbonyl (C=O) groups is 4. The lowest BCUT2D eigenvalue weighted by Gasteiger charge is -2.13. The van der Waals surface area contributed by atoms with Crippen LogP contribution in [-0.2, 0) is 23.9 Å². The molecule has 0 saturated carbocycles. The highest BCUT2D eigenvalue weighted by Crippen LogP contribution is 2.45. The molecule has 3 rings (SSSR count). The fraction of sp³-hybridized carbons (Fsp3) is 0.579. The van der Waals surface area contributed by atoms with Crippen LogP contribution in [0.4, 0.5) is 5.69 Å². The molecule has 1 atom stereocenters. The van der Waals surface area contributed by atoms with Gasteiger partial charge >= 0.3 is 0 Å². The summed E-state index contributed by atoms with van der Waals surface area (Å²) in [6.45, 7) is 1.51. The number of rotatable bonds is 26. The lowest BCUT2D eigenvalue weighted by Crippen LogP contribution is -2.23. The highest BCUT2D eigenvalue weighted by atomic mass is 16.5. The number of fused-ring (bicyclic) bond motifs is 3. The van der Waals surface area contributed by atoms with E-state index in [-0.39, 0.29) is 17.7 Å². The molecule has 0 saturated heterocycles. The number of unbranched alkanes of at least 4 members (excludes halogenated alkanes) is 15. The molecule has 0 heterocycles. The van der Waals surface area contributed by atoms with Gasteiger partial charge in [-0.3, -0.25) is 14.4 Å². The summed E-state index contributed by atoms with van der Waals surface area (Å²) in [5.74, 6) is 0.193. The molecule has 0 spiro atoms. The molecule has 0 bridgehead atoms. The number of nitrogens with one attached hydrogen (secondary N) is 2. The van der Waals surface area contributed by atoms with E-state index in [1.54, 1.807) is 0 Å². The van der Waals surface area contributed by atoms with Gasteiger partial charge < -0.3 is 20.2 Å². The van der Waals surface area contributed by atoms with Crippen molar-refractivity contribution < 1.29 is 23.9 Å². The minimum absolute atomic E-state index is 0.0168. The Kier molecular flexibility index (Phi) is 17.7. The lowest BCUT2D eigenvalue weighted by atomic mass is 9.97. The van der Waals surface area contributed by atoms with E-state index in [2.05, 4.69) is 28.8 Å². The molecule has 0 radical (unpaired) electrons. The van der Waals surface area contributed by atoms with Crippen molar-refractivity contribution in [3.8, 4) is 11.1 Å². The van der Waals surface area contributed by atoms with Crippen LogP contribution in [0, 0.1) is 0 Å². The maximum absolute atomic E-state index is 12.6. The van der Waals surface area contributed by atoms with Gasteiger partial charge in [-0.25, -0.2) is 0 Å². The zero-order valence-corrected chi connectivity index (χ0v) is 27.2. The van der Waals surface area contributed by atoms with Crippen molar-refractivity contribution >= 4 is 30.3 Å². The molecule has 2 aromatic rings. The highest BCUT2D eigenvalue weighted by molar-refractivity contribution is 5.92. The first-order chi connectivity index (χ1) is 22.1. The minimum Gasteiger partial charge on any atom is -0.467 e. The number of anilines is 1. The predicted molar refractivity (Wildman–Crippen MR) is 181 cm³/mol. The van der Waals surface area contributed by atoms with E-state index in [4.69, 9.17) is 4.74 Å². The average molecular weight is 619 g/mol. The summed E-state index contributed by atoms with van der Waals surface area (Å²) in [6, 6.07) is 14.2. The Bertz CT molecular complexity index is 1180. The summed E-state index contributed by atoms with van der Waals surface area (Å²) in [4.78, 5) is 45.6. The molecule has 2 amide bonds. The molecule has 1 unspecified atom stereocenters. The van der Waals surface area contributed by atoms with Gasteiger partial charge in [0, 0.05) is 37.4 Å². The topological polar surface area (TPSA) is 102 Å². The number of hydrogen-bond donors (Lipinski definition) is 2. The van der Waals surface area contributed by atoms with Crippen LogP contribution in [0.2, 0.25) is 0 Å². The van der Waals surface area contributed by atoms with E-state index in [9.17, 15) is 19.2 Å². The highest BCUT2D eigenvalue weighted by Gasteiger charge is 2.29. The Hall–Kier alpha value is -3.48. The molecule has 1 aliphatic carbocycles. The molecule has 45 heavy (non-hydrogen) atoms. The SMILES string of the molecule is O=CCCCCCNC(=O)CCCCCCCCCCCCCCCC(=O)Nc1ccc2c(c1)C(COC=O)c1ccccc1-2. The van der Waals surface area contributed by atoms with Crippen molar-refractivity contribution in [2.45, 2.75) is 128 Å². The van der Waals surface area contributed by atoms with Crippen LogP contribution in [0.1, 0.15) is 139 Å². The van der Waals surface area contributed by atoms with Gasteiger partial charge in [-0.1, -0.05) is 107 Å². The Labute approximate surface area is 270 Å². The van der Waals surface area contributed by atoms with Crippen molar-refractivity contribution in [2.24, 2.45) is 0 Å². The second-order valence-electron chi connectivity index (χ2n) is 12.4. The van der Waals surface area contributed by atoms with E-state index in [1.807, 2.05) is 24.3 Å². The molecule has 0 aromatic heterocycles. The van der Waals surface area contributed by atoms with Gasteiger partial charge in [-0.05, 0) is 60.1 Å². The Balaban J connectivity index is 1.13. The number of benzene rings is 2. The van der Waals surface area contributed by atoms with Crippen LogP contribution in [-0.4, -0.2) is 37.7 Å². The summed E-state index contributed by atoms with van der Waals surface area (Å²) in [7, 11) is 0. The van der Waals surface area contributed by atoms with Gasteiger partial charge in [-0.2, -0.15) is 0 Å². The third kappa shape index (κ3) is 13.6. The van der Waals surface area contributed by atoms with Crippen molar-refractivity contribution in [3.05, 3.63) is 53.6 Å². The summed E-state index contributed by atoms with van der Waals surface area (Å²) in [6.07, 6.45) is 21.0. The first-order valence-corrected chi connectivity index (χ1v) is 17.4. The Morgan fingerprint density at radius 1 is 0.644 bits per heavy atom. The van der Waals surface area contributed by atoms with Crippen molar-refractivity contribution in [3.63, 3.8) is 0 Å². The molecule has 7 nitrogen and oxygen atoms in total. The smallest absolute Gasteiger partial charge is 0.293 e. The molecule has 0 aliphatic heterocycles. The van der Waals surface area contributed by atoms with Crippen LogP contribution in [0.15, 0.2) is 42.5 Å². The van der Waals surface area contributed by atoms with Gasteiger partial charge in [0.15, 0.2) is 0 Å². The van der Waals surface area contributed by atoms with Crippen LogP contribution < -0.4 is 10.6 Å². The molecule has 0 fully saturated rings. The zero-order valence-electron chi connectivity index (χ0n) is 27.2. The lowest BCUT2D eigenvalue weighted by molar-refractivity contribution is -0.129. The van der Waals surface area contributed by atoms with Gasteiger partial charge in [0.25, 0.3) is 6.47 Å². The molecule has 7 heteroatoms. The molecule has 2 N–H and O–H groups in total. The van der Waals surface area contributed by atoms with E-state index in [1.165, 1.54) is 57.8 Å². The maximum atomic E-state index is 12.6. The van der Waals surface area contributed by atoms with Gasteiger partial charge in [0.2, 0.25) is 11.8 Å². The van der Waals surface area contributed by atoms with E-state index < -0.39 is 0 Å². The number of carbonyl (C=O) groups excluding carboxylic acids is 4. The minimum atomic E-state index is -0.0168. The van der Waals surface area contributed by atoms with Crippen LogP contribution >= 0.6 is 0 Å². The van der Waals surface area contributed by atoms with Gasteiger partial charge in [-0.15, -0.1) is 0 Å². The third-order valence-electron chi connectivity index (χ3n) is 8.80. The first kappa shape index (κ1) is 36.0.